The van der Waals surface area contributed by atoms with Crippen molar-refractivity contribution in [2.24, 2.45) is 22.1 Å². The molecule has 1 aliphatic heterocycles. The molecule has 1 aromatic rings. The number of hydrogen-bond acceptors (Lipinski definition) is 3. The third-order valence-electron chi connectivity index (χ3n) is 5.56. The summed E-state index contributed by atoms with van der Waals surface area (Å²) in [6.45, 7) is 10.1. The number of rotatable bonds is 1. The molecule has 1 spiro atoms. The fourth-order valence-corrected chi connectivity index (χ4v) is 4.25. The van der Waals surface area contributed by atoms with Crippen LogP contribution < -0.4 is 10.6 Å². The second-order valence-corrected chi connectivity index (χ2v) is 7.67. The van der Waals surface area contributed by atoms with E-state index in [1.165, 1.54) is 30.5 Å². The molecule has 0 bridgehead atoms. The molecule has 1 aliphatic carbocycles. The summed E-state index contributed by atoms with van der Waals surface area (Å²) in [5, 5.41) is 0. The molecular weight excluding hydrogens is 258 g/mol. The van der Waals surface area contributed by atoms with Crippen LogP contribution in [0.2, 0.25) is 0 Å². The third-order valence-corrected chi connectivity index (χ3v) is 5.56. The van der Waals surface area contributed by atoms with Crippen LogP contribution in [0.15, 0.2) is 29.3 Å². The average Bonchev–Trinajstić information content (AvgIpc) is 2.74. The number of guanidine groups is 1. The fourth-order valence-electron chi connectivity index (χ4n) is 4.25. The molecule has 114 valence electrons. The molecular formula is C18H27N3. The lowest BCUT2D eigenvalue weighted by molar-refractivity contribution is 0.114. The van der Waals surface area contributed by atoms with E-state index in [0.717, 1.165) is 6.54 Å². The summed E-state index contributed by atoms with van der Waals surface area (Å²) in [5.41, 5.74) is 9.29. The van der Waals surface area contributed by atoms with E-state index in [-0.39, 0.29) is 5.54 Å². The zero-order valence-corrected chi connectivity index (χ0v) is 13.7. The molecule has 1 fully saturated rings. The van der Waals surface area contributed by atoms with Crippen molar-refractivity contribution in [2.45, 2.75) is 52.5 Å². The number of nitrogens with two attached hydrogens (primary N) is 1. The molecule has 3 nitrogen and oxygen atoms in total. The van der Waals surface area contributed by atoms with Crippen LogP contribution in [-0.4, -0.2) is 18.0 Å². The van der Waals surface area contributed by atoms with Crippen molar-refractivity contribution in [3.63, 3.8) is 0 Å². The molecule has 0 amide bonds. The van der Waals surface area contributed by atoms with Crippen LogP contribution in [0.5, 0.6) is 0 Å². The van der Waals surface area contributed by atoms with Crippen LogP contribution in [0.3, 0.4) is 0 Å². The molecule has 2 atom stereocenters. The van der Waals surface area contributed by atoms with E-state index in [9.17, 15) is 0 Å². The minimum absolute atomic E-state index is 0.0751. The first-order chi connectivity index (χ1) is 9.86. The van der Waals surface area contributed by atoms with Gasteiger partial charge in [0.2, 0.25) is 0 Å². The van der Waals surface area contributed by atoms with Crippen molar-refractivity contribution in [3.8, 4) is 0 Å². The predicted molar refractivity (Wildman–Crippen MR) is 89.7 cm³/mol. The second kappa shape index (κ2) is 4.75. The van der Waals surface area contributed by atoms with Gasteiger partial charge in [-0.25, -0.2) is 0 Å². The number of benzene rings is 1. The van der Waals surface area contributed by atoms with Crippen molar-refractivity contribution in [3.05, 3.63) is 29.8 Å². The van der Waals surface area contributed by atoms with Crippen molar-refractivity contribution < 1.29 is 0 Å². The molecule has 21 heavy (non-hydrogen) atoms. The van der Waals surface area contributed by atoms with E-state index in [1.54, 1.807) is 0 Å². The van der Waals surface area contributed by atoms with Gasteiger partial charge in [-0.1, -0.05) is 39.0 Å². The lowest BCUT2D eigenvalue weighted by Gasteiger charge is -2.51. The highest BCUT2D eigenvalue weighted by atomic mass is 15.4. The normalized spacial score (nSPS) is 31.5. The fraction of sp³-hybridized carbons (Fsp3) is 0.611. The summed E-state index contributed by atoms with van der Waals surface area (Å²) in [6.07, 6.45) is 3.64. The molecule has 2 N–H and O–H groups in total. The van der Waals surface area contributed by atoms with Crippen LogP contribution in [0.25, 0.3) is 0 Å². The van der Waals surface area contributed by atoms with Gasteiger partial charge in [-0.2, -0.15) is 0 Å². The molecule has 2 aliphatic rings. The first-order valence-electron chi connectivity index (χ1n) is 8.02. The number of hydrogen-bond donors (Lipinski definition) is 1. The summed E-state index contributed by atoms with van der Waals surface area (Å²) < 4.78 is 0. The van der Waals surface area contributed by atoms with Gasteiger partial charge in [0.05, 0.1) is 12.1 Å². The summed E-state index contributed by atoms with van der Waals surface area (Å²) in [4.78, 5) is 6.97. The Balaban J connectivity index is 2.02. The van der Waals surface area contributed by atoms with Gasteiger partial charge in [-0.3, -0.25) is 4.99 Å². The molecule has 3 heteroatoms. The number of aryl methyl sites for hydroxylation is 1. The summed E-state index contributed by atoms with van der Waals surface area (Å²) >= 11 is 0. The van der Waals surface area contributed by atoms with E-state index < -0.39 is 0 Å². The largest absolute Gasteiger partial charge is 0.369 e. The maximum absolute atomic E-state index is 6.29. The lowest BCUT2D eigenvalue weighted by Crippen LogP contribution is -2.59. The zero-order chi connectivity index (χ0) is 15.3. The summed E-state index contributed by atoms with van der Waals surface area (Å²) in [5.74, 6) is 1.28. The highest BCUT2D eigenvalue weighted by molar-refractivity contribution is 5.99. The second-order valence-electron chi connectivity index (χ2n) is 7.67. The quantitative estimate of drug-likeness (QED) is 0.854. The molecule has 1 aromatic carbocycles. The highest BCUT2D eigenvalue weighted by Crippen LogP contribution is 2.49. The minimum atomic E-state index is 0.0751. The van der Waals surface area contributed by atoms with Gasteiger partial charge in [0.15, 0.2) is 5.96 Å². The van der Waals surface area contributed by atoms with Gasteiger partial charge in [-0.15, -0.1) is 0 Å². The Kier molecular flexibility index (Phi) is 3.27. The van der Waals surface area contributed by atoms with Gasteiger partial charge in [0.1, 0.15) is 0 Å². The lowest BCUT2D eigenvalue weighted by atomic mass is 9.63. The number of para-hydroxylation sites is 1. The average molecular weight is 285 g/mol. The molecule has 0 aromatic heterocycles. The topological polar surface area (TPSA) is 41.6 Å². The standard InChI is InChI=1S/C18H27N3/c1-13-7-5-6-8-15(13)21-16(19)20-12-18(21)10-9-17(3,4)11-14(18)2/h5-8,14H,9-12H2,1-4H3,(H2,19,20). The monoisotopic (exact) mass is 285 g/mol. The van der Waals surface area contributed by atoms with Crippen LogP contribution in [0, 0.1) is 18.3 Å². The maximum atomic E-state index is 6.29. The Morgan fingerprint density at radius 2 is 1.95 bits per heavy atom. The van der Waals surface area contributed by atoms with Gasteiger partial charge in [-0.05, 0) is 49.1 Å². The molecule has 3 rings (SSSR count). The SMILES string of the molecule is Cc1ccccc1N1C(N)=NCC12CCC(C)(C)CC2C. The molecule has 2 unspecified atom stereocenters. The molecule has 1 heterocycles. The van der Waals surface area contributed by atoms with Crippen molar-refractivity contribution in [1.29, 1.82) is 0 Å². The Hall–Kier alpha value is -1.51. The number of nitrogens with zero attached hydrogens (tertiary/aromatic N) is 2. The summed E-state index contributed by atoms with van der Waals surface area (Å²) in [6, 6.07) is 8.52. The van der Waals surface area contributed by atoms with Crippen LogP contribution >= 0.6 is 0 Å². The van der Waals surface area contributed by atoms with Gasteiger partial charge < -0.3 is 10.6 Å². The molecule has 0 radical (unpaired) electrons. The third kappa shape index (κ3) is 2.23. The first-order valence-corrected chi connectivity index (χ1v) is 8.02. The Morgan fingerprint density at radius 3 is 2.62 bits per heavy atom. The van der Waals surface area contributed by atoms with Crippen molar-refractivity contribution in [2.75, 3.05) is 11.4 Å². The Morgan fingerprint density at radius 1 is 1.24 bits per heavy atom. The van der Waals surface area contributed by atoms with Crippen LogP contribution in [0.1, 0.15) is 45.6 Å². The smallest absolute Gasteiger partial charge is 0.196 e. The molecule has 1 saturated carbocycles. The van der Waals surface area contributed by atoms with Crippen molar-refractivity contribution in [1.82, 2.24) is 0 Å². The van der Waals surface area contributed by atoms with E-state index >= 15 is 0 Å². The first kappa shape index (κ1) is 14.4. The van der Waals surface area contributed by atoms with E-state index in [1.807, 2.05) is 0 Å². The Labute approximate surface area is 128 Å². The van der Waals surface area contributed by atoms with Crippen molar-refractivity contribution >= 4 is 11.6 Å². The number of aliphatic imine (C=N–C) groups is 1. The maximum Gasteiger partial charge on any atom is 0.196 e. The van der Waals surface area contributed by atoms with Gasteiger partial charge >= 0.3 is 0 Å². The van der Waals surface area contributed by atoms with Gasteiger partial charge in [0.25, 0.3) is 0 Å². The Bertz CT molecular complexity index is 576. The predicted octanol–water partition coefficient (Wildman–Crippen LogP) is 3.71. The van der Waals surface area contributed by atoms with E-state index in [2.05, 4.69) is 61.9 Å². The summed E-state index contributed by atoms with van der Waals surface area (Å²) in [7, 11) is 0. The zero-order valence-electron chi connectivity index (χ0n) is 13.7. The molecule has 0 saturated heterocycles. The van der Waals surface area contributed by atoms with Crippen LogP contribution in [-0.2, 0) is 0 Å². The van der Waals surface area contributed by atoms with Crippen LogP contribution in [0.4, 0.5) is 5.69 Å². The van der Waals surface area contributed by atoms with Gasteiger partial charge in [0, 0.05) is 5.69 Å². The minimum Gasteiger partial charge on any atom is -0.369 e. The van der Waals surface area contributed by atoms with E-state index in [0.29, 0.717) is 17.3 Å². The highest BCUT2D eigenvalue weighted by Gasteiger charge is 2.51. The van der Waals surface area contributed by atoms with E-state index in [4.69, 9.17) is 5.73 Å². The number of anilines is 1.